The number of aromatic nitrogens is 2. The van der Waals surface area contributed by atoms with Crippen LogP contribution in [0.4, 0.5) is 0 Å². The fourth-order valence-corrected chi connectivity index (χ4v) is 4.04. The van der Waals surface area contributed by atoms with Crippen LogP contribution in [0.3, 0.4) is 0 Å². The molecule has 4 atom stereocenters. The van der Waals surface area contributed by atoms with Crippen LogP contribution in [0.5, 0.6) is 0 Å². The molecule has 2 bridgehead atoms. The minimum Gasteiger partial charge on any atom is -0.342 e. The zero-order chi connectivity index (χ0) is 12.1. The van der Waals surface area contributed by atoms with Gasteiger partial charge in [0.25, 0.3) is 0 Å². The van der Waals surface area contributed by atoms with Crippen molar-refractivity contribution in [2.24, 2.45) is 11.8 Å². The molecule has 2 N–H and O–H groups in total. The molecule has 0 unspecified atom stereocenters. The number of hydrogen-bond donors (Lipinski definition) is 2. The highest BCUT2D eigenvalue weighted by atomic mass is 35.5. The number of carbonyl (C=O) groups is 1. The van der Waals surface area contributed by atoms with Gasteiger partial charge in [-0.1, -0.05) is 0 Å². The molecule has 0 aliphatic carbocycles. The predicted molar refractivity (Wildman–Crippen MR) is 73.0 cm³/mol. The van der Waals surface area contributed by atoms with Gasteiger partial charge in [-0.15, -0.1) is 12.4 Å². The minimum atomic E-state index is 0. The molecule has 4 heterocycles. The SMILES string of the molecule is Cl.O=C(Cc1ccn[nH]1)N1C[C@@H]2[C@H](C1)[C@@H]1CC[C@H]2N1. The highest BCUT2D eigenvalue weighted by Gasteiger charge is 2.52. The van der Waals surface area contributed by atoms with Gasteiger partial charge in [0.2, 0.25) is 5.91 Å². The first-order chi connectivity index (χ1) is 8.81. The maximum Gasteiger partial charge on any atom is 0.228 e. The topological polar surface area (TPSA) is 61.0 Å². The Kier molecular flexibility index (Phi) is 3.27. The van der Waals surface area contributed by atoms with Gasteiger partial charge in [0.05, 0.1) is 6.42 Å². The Bertz CT molecular complexity index is 445. The number of hydrogen-bond acceptors (Lipinski definition) is 3. The summed E-state index contributed by atoms with van der Waals surface area (Å²) in [6, 6.07) is 3.22. The average Bonchev–Trinajstić information content (AvgIpc) is 3.11. The first kappa shape index (κ1) is 12.9. The quantitative estimate of drug-likeness (QED) is 0.834. The van der Waals surface area contributed by atoms with Crippen molar-refractivity contribution in [3.05, 3.63) is 18.0 Å². The van der Waals surface area contributed by atoms with Crippen LogP contribution in [0.2, 0.25) is 0 Å². The number of nitrogens with zero attached hydrogens (tertiary/aromatic N) is 2. The van der Waals surface area contributed by atoms with Gasteiger partial charge >= 0.3 is 0 Å². The van der Waals surface area contributed by atoms with Crippen LogP contribution in [0.15, 0.2) is 12.3 Å². The molecule has 104 valence electrons. The fourth-order valence-electron chi connectivity index (χ4n) is 4.04. The first-order valence-electron chi connectivity index (χ1n) is 6.83. The second-order valence-electron chi connectivity index (χ2n) is 5.84. The van der Waals surface area contributed by atoms with E-state index in [0.717, 1.165) is 18.8 Å². The van der Waals surface area contributed by atoms with Crippen molar-refractivity contribution in [1.82, 2.24) is 20.4 Å². The van der Waals surface area contributed by atoms with Gasteiger partial charge in [-0.3, -0.25) is 9.89 Å². The van der Waals surface area contributed by atoms with Gasteiger partial charge in [-0.05, 0) is 30.7 Å². The number of aromatic amines is 1. The number of fused-ring (bicyclic) bond motifs is 5. The Labute approximate surface area is 118 Å². The monoisotopic (exact) mass is 282 g/mol. The van der Waals surface area contributed by atoms with Crippen LogP contribution in [0, 0.1) is 11.8 Å². The first-order valence-corrected chi connectivity index (χ1v) is 6.83. The van der Waals surface area contributed by atoms with Crippen LogP contribution in [-0.2, 0) is 11.2 Å². The zero-order valence-electron chi connectivity index (χ0n) is 10.7. The van der Waals surface area contributed by atoms with Gasteiger partial charge in [-0.2, -0.15) is 5.10 Å². The molecule has 3 aliphatic rings. The Morgan fingerprint density at radius 2 is 2.00 bits per heavy atom. The van der Waals surface area contributed by atoms with Crippen molar-refractivity contribution in [3.63, 3.8) is 0 Å². The summed E-state index contributed by atoms with van der Waals surface area (Å²) in [7, 11) is 0. The van der Waals surface area contributed by atoms with Crippen molar-refractivity contribution >= 4 is 18.3 Å². The number of halogens is 1. The predicted octanol–water partition coefficient (Wildman–Crippen LogP) is 0.583. The molecule has 3 fully saturated rings. The molecule has 5 nitrogen and oxygen atoms in total. The molecule has 3 saturated heterocycles. The largest absolute Gasteiger partial charge is 0.342 e. The molecule has 3 aliphatic heterocycles. The van der Waals surface area contributed by atoms with Gasteiger partial charge in [0, 0.05) is 37.1 Å². The average molecular weight is 283 g/mol. The van der Waals surface area contributed by atoms with E-state index >= 15 is 0 Å². The Morgan fingerprint density at radius 3 is 2.58 bits per heavy atom. The van der Waals surface area contributed by atoms with Crippen molar-refractivity contribution in [3.8, 4) is 0 Å². The lowest BCUT2D eigenvalue weighted by Gasteiger charge is -2.19. The van der Waals surface area contributed by atoms with Gasteiger partial charge in [0.1, 0.15) is 0 Å². The van der Waals surface area contributed by atoms with Crippen LogP contribution < -0.4 is 5.32 Å². The summed E-state index contributed by atoms with van der Waals surface area (Å²) in [5, 5.41) is 10.4. The number of nitrogens with one attached hydrogen (secondary N) is 2. The number of rotatable bonds is 2. The van der Waals surface area contributed by atoms with Gasteiger partial charge < -0.3 is 10.2 Å². The molecule has 0 radical (unpaired) electrons. The van der Waals surface area contributed by atoms with Crippen molar-refractivity contribution in [1.29, 1.82) is 0 Å². The normalized spacial score (nSPS) is 35.3. The van der Waals surface area contributed by atoms with Crippen molar-refractivity contribution in [2.75, 3.05) is 13.1 Å². The second kappa shape index (κ2) is 4.80. The fraction of sp³-hybridized carbons (Fsp3) is 0.692. The van der Waals surface area contributed by atoms with E-state index < -0.39 is 0 Å². The molecule has 0 saturated carbocycles. The number of H-pyrrole nitrogens is 1. The maximum atomic E-state index is 12.2. The number of carbonyl (C=O) groups excluding carboxylic acids is 1. The maximum absolute atomic E-state index is 12.2. The lowest BCUT2D eigenvalue weighted by atomic mass is 9.82. The lowest BCUT2D eigenvalue weighted by molar-refractivity contribution is -0.129. The number of likely N-dealkylation sites (tertiary alicyclic amines) is 1. The van der Waals surface area contributed by atoms with Crippen LogP contribution in [0.1, 0.15) is 18.5 Å². The summed E-state index contributed by atoms with van der Waals surface area (Å²) in [5.41, 5.74) is 0.915. The van der Waals surface area contributed by atoms with Gasteiger partial charge in [0.15, 0.2) is 0 Å². The highest BCUT2D eigenvalue weighted by Crippen LogP contribution is 2.42. The summed E-state index contributed by atoms with van der Waals surface area (Å²) in [6.45, 7) is 1.90. The number of amides is 1. The van der Waals surface area contributed by atoms with E-state index in [-0.39, 0.29) is 18.3 Å². The van der Waals surface area contributed by atoms with E-state index in [1.807, 2.05) is 6.07 Å². The summed E-state index contributed by atoms with van der Waals surface area (Å²) in [4.78, 5) is 14.3. The second-order valence-corrected chi connectivity index (χ2v) is 5.84. The molecular formula is C13H19ClN4O. The lowest BCUT2D eigenvalue weighted by Crippen LogP contribution is -2.35. The smallest absolute Gasteiger partial charge is 0.228 e. The van der Waals surface area contributed by atoms with Crippen LogP contribution in [-0.4, -0.2) is 46.2 Å². The van der Waals surface area contributed by atoms with Crippen molar-refractivity contribution < 1.29 is 4.79 Å². The molecule has 1 aromatic heterocycles. The summed E-state index contributed by atoms with van der Waals surface area (Å²) < 4.78 is 0. The minimum absolute atomic E-state index is 0. The molecular weight excluding hydrogens is 264 g/mol. The van der Waals surface area contributed by atoms with E-state index in [9.17, 15) is 4.79 Å². The molecule has 6 heteroatoms. The molecule has 1 aromatic rings. The van der Waals surface area contributed by atoms with E-state index in [1.165, 1.54) is 12.8 Å². The summed E-state index contributed by atoms with van der Waals surface area (Å²) in [5.74, 6) is 1.65. The van der Waals surface area contributed by atoms with Crippen molar-refractivity contribution in [2.45, 2.75) is 31.3 Å². The van der Waals surface area contributed by atoms with Crippen LogP contribution >= 0.6 is 12.4 Å². The third-order valence-corrected chi connectivity index (χ3v) is 4.92. The zero-order valence-corrected chi connectivity index (χ0v) is 11.5. The van der Waals surface area contributed by atoms with Gasteiger partial charge in [-0.25, -0.2) is 0 Å². The highest BCUT2D eigenvalue weighted by molar-refractivity contribution is 5.85. The van der Waals surface area contributed by atoms with E-state index in [0.29, 0.717) is 30.3 Å². The van der Waals surface area contributed by atoms with E-state index in [2.05, 4.69) is 20.4 Å². The Hall–Kier alpha value is -1.07. The van der Waals surface area contributed by atoms with Crippen LogP contribution in [0.25, 0.3) is 0 Å². The Balaban J connectivity index is 0.00000110. The molecule has 19 heavy (non-hydrogen) atoms. The molecule has 4 rings (SSSR count). The molecule has 0 spiro atoms. The summed E-state index contributed by atoms with van der Waals surface area (Å²) in [6.07, 6.45) is 4.76. The third-order valence-electron chi connectivity index (χ3n) is 4.92. The van der Waals surface area contributed by atoms with E-state index in [4.69, 9.17) is 0 Å². The van der Waals surface area contributed by atoms with E-state index in [1.54, 1.807) is 6.20 Å². The standard InChI is InChI=1S/C13H18N4O.ClH/c18-13(5-8-3-4-14-16-8)17-6-9-10(7-17)12-2-1-11(9)15-12;/h3-4,9-12,15H,1-2,5-7H2,(H,14,16);1H/t9-,10+,11-,12+;. The third kappa shape index (κ3) is 2.05. The molecule has 1 amide bonds. The Morgan fingerprint density at radius 1 is 1.32 bits per heavy atom. The molecule has 0 aromatic carbocycles. The summed E-state index contributed by atoms with van der Waals surface area (Å²) >= 11 is 0.